The average molecular weight is 392 g/mol. The first-order valence-corrected chi connectivity index (χ1v) is 9.92. The van der Waals surface area contributed by atoms with E-state index in [1.54, 1.807) is 37.4 Å². The summed E-state index contributed by atoms with van der Waals surface area (Å²) in [5, 5.41) is 2.81. The second-order valence-corrected chi connectivity index (χ2v) is 7.57. The Hall–Kier alpha value is -3.15. The van der Waals surface area contributed by atoms with Crippen LogP contribution < -0.4 is 10.1 Å². The summed E-state index contributed by atoms with van der Waals surface area (Å²) in [5.74, 6) is 0.0370. The van der Waals surface area contributed by atoms with Gasteiger partial charge in [-0.05, 0) is 60.6 Å². The first kappa shape index (κ1) is 19.2. The van der Waals surface area contributed by atoms with E-state index in [9.17, 15) is 14.4 Å². The standard InChI is InChI=1S/C23H24N2O4/c1-3-23(18-9-11-19(29-2)12-10-18)21(27)25(22(28)24-23)14-20(26)17-8-7-15-5-4-6-16(15)13-17/h7-13H,3-6,14H2,1-2H3,(H,24,28). The molecule has 1 unspecified atom stereocenters. The fourth-order valence-electron chi connectivity index (χ4n) is 4.26. The minimum atomic E-state index is -1.17. The van der Waals surface area contributed by atoms with Crippen LogP contribution in [0.5, 0.6) is 5.75 Å². The Balaban J connectivity index is 1.57. The van der Waals surface area contributed by atoms with Gasteiger partial charge in [0.1, 0.15) is 11.3 Å². The van der Waals surface area contributed by atoms with Crippen LogP contribution in [0.25, 0.3) is 0 Å². The number of hydrogen-bond acceptors (Lipinski definition) is 4. The van der Waals surface area contributed by atoms with Crippen LogP contribution in [0.4, 0.5) is 4.79 Å². The number of nitrogens with one attached hydrogen (secondary N) is 1. The number of amides is 3. The van der Waals surface area contributed by atoms with Crippen LogP contribution in [0.2, 0.25) is 0 Å². The average Bonchev–Trinajstić information content (AvgIpc) is 3.31. The molecule has 0 spiro atoms. The molecule has 0 bridgehead atoms. The van der Waals surface area contributed by atoms with Gasteiger partial charge in [0.2, 0.25) is 0 Å². The van der Waals surface area contributed by atoms with Gasteiger partial charge >= 0.3 is 6.03 Å². The van der Waals surface area contributed by atoms with E-state index in [2.05, 4.69) is 5.32 Å². The number of hydrogen-bond donors (Lipinski definition) is 1. The van der Waals surface area contributed by atoms with Crippen molar-refractivity contribution in [1.82, 2.24) is 10.2 Å². The Morgan fingerprint density at radius 3 is 2.52 bits per heavy atom. The summed E-state index contributed by atoms with van der Waals surface area (Å²) in [6.07, 6.45) is 3.49. The van der Waals surface area contributed by atoms with Crippen molar-refractivity contribution in [3.63, 3.8) is 0 Å². The molecule has 2 aliphatic rings. The molecule has 2 aromatic carbocycles. The number of imide groups is 1. The maximum absolute atomic E-state index is 13.2. The maximum Gasteiger partial charge on any atom is 0.325 e. The van der Waals surface area contributed by atoms with Crippen molar-refractivity contribution in [3.05, 3.63) is 64.7 Å². The zero-order valence-electron chi connectivity index (χ0n) is 16.7. The van der Waals surface area contributed by atoms with E-state index in [-0.39, 0.29) is 12.3 Å². The molecule has 1 N–H and O–H groups in total. The van der Waals surface area contributed by atoms with Gasteiger partial charge in [-0.2, -0.15) is 0 Å². The molecule has 1 atom stereocenters. The normalized spacial score (nSPS) is 20.6. The van der Waals surface area contributed by atoms with E-state index < -0.39 is 17.5 Å². The third-order valence-electron chi connectivity index (χ3n) is 6.01. The van der Waals surface area contributed by atoms with Crippen LogP contribution in [0.1, 0.15) is 46.8 Å². The molecular weight excluding hydrogens is 368 g/mol. The summed E-state index contributed by atoms with van der Waals surface area (Å²) in [6.45, 7) is 1.58. The summed E-state index contributed by atoms with van der Waals surface area (Å²) >= 11 is 0. The van der Waals surface area contributed by atoms with Crippen LogP contribution in [0.3, 0.4) is 0 Å². The van der Waals surface area contributed by atoms with Crippen molar-refractivity contribution in [2.75, 3.05) is 13.7 Å². The fourth-order valence-corrected chi connectivity index (χ4v) is 4.26. The van der Waals surface area contributed by atoms with Gasteiger partial charge in [-0.3, -0.25) is 14.5 Å². The lowest BCUT2D eigenvalue weighted by Gasteiger charge is -2.26. The van der Waals surface area contributed by atoms with Crippen LogP contribution >= 0.6 is 0 Å². The van der Waals surface area contributed by atoms with E-state index >= 15 is 0 Å². The number of benzene rings is 2. The van der Waals surface area contributed by atoms with E-state index in [4.69, 9.17) is 4.74 Å². The third-order valence-corrected chi connectivity index (χ3v) is 6.01. The highest BCUT2D eigenvalue weighted by Gasteiger charge is 2.51. The predicted octanol–water partition coefficient (Wildman–Crippen LogP) is 3.22. The largest absolute Gasteiger partial charge is 0.497 e. The molecule has 1 heterocycles. The molecule has 0 saturated carbocycles. The van der Waals surface area contributed by atoms with Crippen molar-refractivity contribution < 1.29 is 19.1 Å². The Morgan fingerprint density at radius 2 is 1.83 bits per heavy atom. The summed E-state index contributed by atoms with van der Waals surface area (Å²) in [5.41, 5.74) is 2.52. The Kier molecular flexibility index (Phi) is 4.86. The minimum Gasteiger partial charge on any atom is -0.497 e. The number of nitrogens with zero attached hydrogens (tertiary/aromatic N) is 1. The molecule has 150 valence electrons. The van der Waals surface area contributed by atoms with Crippen molar-refractivity contribution in [1.29, 1.82) is 0 Å². The van der Waals surface area contributed by atoms with Gasteiger partial charge in [-0.1, -0.05) is 31.2 Å². The number of methoxy groups -OCH3 is 1. The molecule has 3 amide bonds. The van der Waals surface area contributed by atoms with Gasteiger partial charge in [0.15, 0.2) is 5.78 Å². The van der Waals surface area contributed by atoms with Crippen molar-refractivity contribution in [2.45, 2.75) is 38.1 Å². The van der Waals surface area contributed by atoms with Crippen molar-refractivity contribution in [3.8, 4) is 5.75 Å². The van der Waals surface area contributed by atoms with Gasteiger partial charge in [0.05, 0.1) is 13.7 Å². The number of aryl methyl sites for hydroxylation is 2. The second-order valence-electron chi connectivity index (χ2n) is 7.57. The van der Waals surface area contributed by atoms with Crippen LogP contribution in [-0.4, -0.2) is 36.3 Å². The summed E-state index contributed by atoms with van der Waals surface area (Å²) in [7, 11) is 1.57. The topological polar surface area (TPSA) is 75.7 Å². The molecule has 1 saturated heterocycles. The lowest BCUT2D eigenvalue weighted by Crippen LogP contribution is -2.43. The summed E-state index contributed by atoms with van der Waals surface area (Å²) < 4.78 is 5.17. The number of carbonyl (C=O) groups is 3. The molecule has 4 rings (SSSR count). The lowest BCUT2D eigenvalue weighted by molar-refractivity contribution is -0.131. The summed E-state index contributed by atoms with van der Waals surface area (Å²) in [6, 6.07) is 12.2. The molecule has 29 heavy (non-hydrogen) atoms. The molecule has 1 aliphatic heterocycles. The van der Waals surface area contributed by atoms with Gasteiger partial charge in [0, 0.05) is 5.56 Å². The molecule has 6 nitrogen and oxygen atoms in total. The van der Waals surface area contributed by atoms with E-state index in [0.717, 1.165) is 24.2 Å². The molecule has 0 aromatic heterocycles. The van der Waals surface area contributed by atoms with Crippen LogP contribution in [0.15, 0.2) is 42.5 Å². The van der Waals surface area contributed by atoms with Crippen molar-refractivity contribution in [2.24, 2.45) is 0 Å². The maximum atomic E-state index is 13.2. The molecule has 1 fully saturated rings. The molecule has 6 heteroatoms. The highest BCUT2D eigenvalue weighted by molar-refractivity contribution is 6.11. The highest BCUT2D eigenvalue weighted by Crippen LogP contribution is 2.33. The van der Waals surface area contributed by atoms with Crippen LogP contribution in [-0.2, 0) is 23.2 Å². The number of fused-ring (bicyclic) bond motifs is 1. The first-order chi connectivity index (χ1) is 14.0. The number of rotatable bonds is 6. The lowest BCUT2D eigenvalue weighted by atomic mass is 9.87. The fraction of sp³-hybridized carbons (Fsp3) is 0.348. The smallest absolute Gasteiger partial charge is 0.325 e. The minimum absolute atomic E-state index is 0.232. The Bertz CT molecular complexity index is 983. The first-order valence-electron chi connectivity index (χ1n) is 9.92. The number of Topliss-reactive ketones (excluding diaryl/α,β-unsaturated/α-hetero) is 1. The van der Waals surface area contributed by atoms with Gasteiger partial charge in [-0.15, -0.1) is 0 Å². The quantitative estimate of drug-likeness (QED) is 0.605. The number of ether oxygens (including phenoxy) is 1. The van der Waals surface area contributed by atoms with Crippen LogP contribution in [0, 0.1) is 0 Å². The number of urea groups is 1. The van der Waals surface area contributed by atoms with E-state index in [1.165, 1.54) is 11.1 Å². The van der Waals surface area contributed by atoms with E-state index in [0.29, 0.717) is 23.3 Å². The summed E-state index contributed by atoms with van der Waals surface area (Å²) in [4.78, 5) is 39.7. The van der Waals surface area contributed by atoms with Gasteiger partial charge in [0.25, 0.3) is 5.91 Å². The zero-order valence-corrected chi connectivity index (χ0v) is 16.7. The van der Waals surface area contributed by atoms with E-state index in [1.807, 2.05) is 19.1 Å². The molecule has 0 radical (unpaired) electrons. The SMILES string of the molecule is CCC1(c2ccc(OC)cc2)NC(=O)N(CC(=O)c2ccc3c(c2)CCC3)C1=O. The third kappa shape index (κ3) is 3.18. The van der Waals surface area contributed by atoms with Gasteiger partial charge < -0.3 is 10.1 Å². The monoisotopic (exact) mass is 392 g/mol. The number of ketones is 1. The van der Waals surface area contributed by atoms with Gasteiger partial charge in [-0.25, -0.2) is 4.79 Å². The Labute approximate surface area is 169 Å². The molecule has 1 aliphatic carbocycles. The Morgan fingerprint density at radius 1 is 1.10 bits per heavy atom. The molecule has 2 aromatic rings. The van der Waals surface area contributed by atoms with Crippen molar-refractivity contribution >= 4 is 17.7 Å². The second kappa shape index (κ2) is 7.35. The molecular formula is C23H24N2O4. The zero-order chi connectivity index (χ0) is 20.6. The highest BCUT2D eigenvalue weighted by atomic mass is 16.5. The number of carbonyl (C=O) groups excluding carboxylic acids is 3. The predicted molar refractivity (Wildman–Crippen MR) is 108 cm³/mol.